The van der Waals surface area contributed by atoms with Crippen LogP contribution in [-0.2, 0) is 26.9 Å². The average molecular weight is 431 g/mol. The molecule has 0 aliphatic rings. The predicted molar refractivity (Wildman–Crippen MR) is 116 cm³/mol. The quantitative estimate of drug-likeness (QED) is 0.505. The largest absolute Gasteiger partial charge is 0.341 e. The smallest absolute Gasteiger partial charge is 0.242 e. The van der Waals surface area contributed by atoms with Crippen LogP contribution in [0.15, 0.2) is 59.6 Å². The fraction of sp³-hybridized carbons (Fsp3) is 0.348. The maximum absolute atomic E-state index is 14.0. The molecule has 160 valence electrons. The van der Waals surface area contributed by atoms with Gasteiger partial charge >= 0.3 is 0 Å². The van der Waals surface area contributed by atoms with Crippen LogP contribution in [0.2, 0.25) is 0 Å². The van der Waals surface area contributed by atoms with Gasteiger partial charge in [-0.1, -0.05) is 50.2 Å². The van der Waals surface area contributed by atoms with Gasteiger partial charge < -0.3 is 9.47 Å². The highest BCUT2D eigenvalue weighted by atomic mass is 32.2. The van der Waals surface area contributed by atoms with Gasteiger partial charge in [0.05, 0.1) is 10.6 Å². The molecule has 0 saturated heterocycles. The van der Waals surface area contributed by atoms with Crippen LogP contribution in [0.3, 0.4) is 0 Å². The van der Waals surface area contributed by atoms with Gasteiger partial charge in [-0.05, 0) is 25.0 Å². The second-order valence-corrected chi connectivity index (χ2v) is 9.33. The van der Waals surface area contributed by atoms with Gasteiger partial charge in [0.1, 0.15) is 12.4 Å². The Bertz CT molecular complexity index is 1130. The van der Waals surface area contributed by atoms with E-state index in [9.17, 15) is 17.6 Å². The van der Waals surface area contributed by atoms with Gasteiger partial charge in [-0.2, -0.15) is 0 Å². The lowest BCUT2D eigenvalue weighted by atomic mass is 10.2. The van der Waals surface area contributed by atoms with Crippen molar-refractivity contribution in [1.29, 1.82) is 0 Å². The van der Waals surface area contributed by atoms with Crippen LogP contribution in [0.1, 0.15) is 32.3 Å². The Morgan fingerprint density at radius 3 is 2.30 bits per heavy atom. The number of hydrogen-bond donors (Lipinski definition) is 0. The van der Waals surface area contributed by atoms with Crippen molar-refractivity contribution in [2.45, 2.75) is 43.9 Å². The molecular weight excluding hydrogens is 403 g/mol. The Morgan fingerprint density at radius 2 is 1.63 bits per heavy atom. The normalized spacial score (nSPS) is 11.7. The number of sulfone groups is 1. The fourth-order valence-corrected chi connectivity index (χ4v) is 5.23. The van der Waals surface area contributed by atoms with Crippen LogP contribution in [-0.4, -0.2) is 36.9 Å². The van der Waals surface area contributed by atoms with E-state index in [1.54, 1.807) is 28.8 Å². The second kappa shape index (κ2) is 9.43. The lowest BCUT2D eigenvalue weighted by Crippen LogP contribution is -2.35. The summed E-state index contributed by atoms with van der Waals surface area (Å²) in [6, 6.07) is 13.0. The van der Waals surface area contributed by atoms with Crippen LogP contribution < -0.4 is 0 Å². The molecule has 0 aliphatic carbocycles. The van der Waals surface area contributed by atoms with Gasteiger partial charge in [0.25, 0.3) is 0 Å². The summed E-state index contributed by atoms with van der Waals surface area (Å²) < 4.78 is 42.0. The first-order chi connectivity index (χ1) is 14.4. The number of nitrogens with zero attached hydrogens (tertiary/aromatic N) is 2. The Hall–Kier alpha value is -2.67. The lowest BCUT2D eigenvalue weighted by Gasteiger charge is -2.22. The summed E-state index contributed by atoms with van der Waals surface area (Å²) in [6.07, 6.45) is 3.23. The summed E-state index contributed by atoms with van der Waals surface area (Å²) >= 11 is 0. The van der Waals surface area contributed by atoms with E-state index in [0.29, 0.717) is 24.0 Å². The summed E-state index contributed by atoms with van der Waals surface area (Å²) in [5, 5.41) is 0.541. The number of rotatable bonds is 9. The molecule has 0 aliphatic heterocycles. The molecule has 3 rings (SSSR count). The maximum Gasteiger partial charge on any atom is 0.242 e. The van der Waals surface area contributed by atoms with Crippen molar-refractivity contribution in [2.24, 2.45) is 0 Å². The van der Waals surface area contributed by atoms with Crippen LogP contribution in [0.25, 0.3) is 10.9 Å². The standard InChI is InChI=1S/C23H27FN2O3S/c1-3-13-25(14-4-2)23(27)16-26-15-22(19-10-6-8-12-21(19)26)30(28,29)17-18-9-5-7-11-20(18)24/h5-12,15H,3-4,13-14,16-17H2,1-2H3. The number of carbonyl (C=O) groups is 1. The third-order valence-corrected chi connectivity index (χ3v) is 6.72. The third-order valence-electron chi connectivity index (χ3n) is 5.04. The minimum atomic E-state index is -3.80. The topological polar surface area (TPSA) is 59.4 Å². The van der Waals surface area contributed by atoms with E-state index < -0.39 is 21.4 Å². The average Bonchev–Trinajstić information content (AvgIpc) is 3.09. The van der Waals surface area contributed by atoms with Crippen molar-refractivity contribution in [3.63, 3.8) is 0 Å². The summed E-state index contributed by atoms with van der Waals surface area (Å²) in [4.78, 5) is 14.8. The monoisotopic (exact) mass is 430 g/mol. The molecule has 0 unspecified atom stereocenters. The van der Waals surface area contributed by atoms with Gasteiger partial charge in [-0.3, -0.25) is 4.79 Å². The molecule has 0 bridgehead atoms. The molecule has 7 heteroatoms. The predicted octanol–water partition coefficient (Wildman–Crippen LogP) is 4.40. The van der Waals surface area contributed by atoms with Gasteiger partial charge in [0, 0.05) is 35.8 Å². The van der Waals surface area contributed by atoms with Gasteiger partial charge in [-0.15, -0.1) is 0 Å². The molecule has 0 fully saturated rings. The van der Waals surface area contributed by atoms with Gasteiger partial charge in [-0.25, -0.2) is 12.8 Å². The van der Waals surface area contributed by atoms with Crippen LogP contribution >= 0.6 is 0 Å². The second-order valence-electron chi connectivity index (χ2n) is 7.37. The Kier molecular flexibility index (Phi) is 6.92. The van der Waals surface area contributed by atoms with Crippen LogP contribution in [0.4, 0.5) is 4.39 Å². The molecule has 3 aromatic rings. The number of amides is 1. The summed E-state index contributed by atoms with van der Waals surface area (Å²) in [6.45, 7) is 5.45. The fourth-order valence-electron chi connectivity index (χ4n) is 3.64. The number of para-hydroxylation sites is 1. The van der Waals surface area contributed by atoms with Crippen molar-refractivity contribution in [3.05, 3.63) is 66.1 Å². The van der Waals surface area contributed by atoms with E-state index in [4.69, 9.17) is 0 Å². The van der Waals surface area contributed by atoms with Crippen LogP contribution in [0.5, 0.6) is 0 Å². The lowest BCUT2D eigenvalue weighted by molar-refractivity contribution is -0.131. The number of benzene rings is 2. The summed E-state index contributed by atoms with van der Waals surface area (Å²) in [7, 11) is -3.80. The number of fused-ring (bicyclic) bond motifs is 1. The van der Waals surface area contributed by atoms with Gasteiger partial charge in [0.15, 0.2) is 9.84 Å². The number of hydrogen-bond acceptors (Lipinski definition) is 3. The van der Waals surface area contributed by atoms with E-state index in [0.717, 1.165) is 12.8 Å². The van der Waals surface area contributed by atoms with E-state index in [-0.39, 0.29) is 22.9 Å². The number of halogens is 1. The van der Waals surface area contributed by atoms with Crippen molar-refractivity contribution in [2.75, 3.05) is 13.1 Å². The highest BCUT2D eigenvalue weighted by molar-refractivity contribution is 7.90. The van der Waals surface area contributed by atoms with E-state index in [1.807, 2.05) is 24.8 Å². The zero-order valence-corrected chi connectivity index (χ0v) is 18.2. The highest BCUT2D eigenvalue weighted by Gasteiger charge is 2.24. The Morgan fingerprint density at radius 1 is 1.00 bits per heavy atom. The molecule has 1 aromatic heterocycles. The minimum absolute atomic E-state index is 0.0440. The van der Waals surface area contributed by atoms with E-state index in [2.05, 4.69) is 0 Å². The maximum atomic E-state index is 14.0. The molecular formula is C23H27FN2O3S. The molecule has 2 aromatic carbocycles. The highest BCUT2D eigenvalue weighted by Crippen LogP contribution is 2.28. The third kappa shape index (κ3) is 4.73. The molecule has 0 spiro atoms. The van der Waals surface area contributed by atoms with Crippen molar-refractivity contribution < 1.29 is 17.6 Å². The first-order valence-electron chi connectivity index (χ1n) is 10.2. The zero-order chi connectivity index (χ0) is 21.7. The molecule has 0 N–H and O–H groups in total. The van der Waals surface area contributed by atoms with Gasteiger partial charge in [0.2, 0.25) is 5.91 Å². The first kappa shape index (κ1) is 22.0. The molecule has 0 saturated carbocycles. The number of carbonyl (C=O) groups excluding carboxylic acids is 1. The summed E-state index contributed by atoms with van der Waals surface area (Å²) in [5.41, 5.74) is 0.799. The Labute approximate surface area is 177 Å². The summed E-state index contributed by atoms with van der Waals surface area (Å²) in [5.74, 6) is -1.02. The van der Waals surface area contributed by atoms with E-state index in [1.165, 1.54) is 24.4 Å². The Balaban J connectivity index is 1.98. The molecule has 1 amide bonds. The van der Waals surface area contributed by atoms with E-state index >= 15 is 0 Å². The van der Waals surface area contributed by atoms with Crippen molar-refractivity contribution in [1.82, 2.24) is 9.47 Å². The van der Waals surface area contributed by atoms with Crippen molar-refractivity contribution >= 4 is 26.6 Å². The molecule has 1 heterocycles. The minimum Gasteiger partial charge on any atom is -0.341 e. The van der Waals surface area contributed by atoms with Crippen molar-refractivity contribution in [3.8, 4) is 0 Å². The van der Waals surface area contributed by atoms with Crippen LogP contribution in [0, 0.1) is 5.82 Å². The molecule has 5 nitrogen and oxygen atoms in total. The molecule has 0 atom stereocenters. The SMILES string of the molecule is CCCN(CCC)C(=O)Cn1cc(S(=O)(=O)Cc2ccccc2F)c2ccccc21. The molecule has 0 radical (unpaired) electrons. The first-order valence-corrected chi connectivity index (χ1v) is 11.8. The number of aromatic nitrogens is 1. The zero-order valence-electron chi connectivity index (χ0n) is 17.3. The molecule has 30 heavy (non-hydrogen) atoms.